The molecule has 270 valence electrons. The Balaban J connectivity index is 0.927. The molecule has 3 saturated carbocycles. The van der Waals surface area contributed by atoms with Crippen LogP contribution in [0.25, 0.3) is 0 Å². The summed E-state index contributed by atoms with van der Waals surface area (Å²) in [4.78, 5) is 26.2. The van der Waals surface area contributed by atoms with E-state index in [9.17, 15) is 4.79 Å². The average molecular weight is 688 g/mol. The van der Waals surface area contributed by atoms with Crippen LogP contribution in [0.15, 0.2) is 46.6 Å². The summed E-state index contributed by atoms with van der Waals surface area (Å²) in [6.45, 7) is 6.42. The van der Waals surface area contributed by atoms with Crippen molar-refractivity contribution in [1.29, 1.82) is 0 Å². The minimum atomic E-state index is -0.0799. The standard InChI is InChI=1S/C42H65N5OS/c1-31-10-3-12-32(13-4-11-31)33-14-5-16-34(17-6-15-33)35-18-7-20-36(21-8-19-35)41(48)46-37-22-9-23-38(28-37)49-40-30-44-39(29-45-40)47-26-24-42(2,43)25-27-47/h9,22-23,28-36H,3-8,10-21,24-27,43H2,1-2H3,(H,46,48). The van der Waals surface area contributed by atoms with Crippen LogP contribution < -0.4 is 16.0 Å². The van der Waals surface area contributed by atoms with E-state index in [0.29, 0.717) is 0 Å². The highest BCUT2D eigenvalue weighted by atomic mass is 32.2. The Morgan fingerprint density at radius 3 is 1.84 bits per heavy atom. The van der Waals surface area contributed by atoms with Gasteiger partial charge in [0.1, 0.15) is 10.8 Å². The maximum Gasteiger partial charge on any atom is 0.227 e. The Hall–Kier alpha value is -2.12. The van der Waals surface area contributed by atoms with E-state index in [-0.39, 0.29) is 17.4 Å². The number of amides is 1. The van der Waals surface area contributed by atoms with Gasteiger partial charge in [0.25, 0.3) is 0 Å². The van der Waals surface area contributed by atoms with Crippen molar-refractivity contribution in [3.63, 3.8) is 0 Å². The second-order valence-electron chi connectivity index (χ2n) is 16.9. The lowest BCUT2D eigenvalue weighted by atomic mass is 9.70. The lowest BCUT2D eigenvalue weighted by Crippen LogP contribution is -2.48. The SMILES string of the molecule is CC1CCCC(C2CCCC(C3CCCC(C(=O)Nc4cccc(Sc5cnc(N6CCC(C)(N)CC6)cn5)c4)CCC3)CCC2)CCC1. The number of hydrogen-bond acceptors (Lipinski definition) is 6. The normalized spacial score (nSPS) is 30.5. The number of nitrogens with zero attached hydrogens (tertiary/aromatic N) is 3. The first-order valence-electron chi connectivity index (χ1n) is 20.3. The molecule has 0 radical (unpaired) electrons. The zero-order chi connectivity index (χ0) is 34.1. The quantitative estimate of drug-likeness (QED) is 0.301. The molecule has 1 aromatic carbocycles. The molecule has 4 fully saturated rings. The van der Waals surface area contributed by atoms with E-state index in [2.05, 4.69) is 41.2 Å². The van der Waals surface area contributed by atoms with E-state index < -0.39 is 0 Å². The number of piperidine rings is 1. The van der Waals surface area contributed by atoms with E-state index in [4.69, 9.17) is 10.7 Å². The van der Waals surface area contributed by atoms with Gasteiger partial charge in [0.2, 0.25) is 5.91 Å². The van der Waals surface area contributed by atoms with Crippen LogP contribution in [-0.2, 0) is 4.79 Å². The van der Waals surface area contributed by atoms with Crippen LogP contribution in [-0.4, -0.2) is 34.5 Å². The van der Waals surface area contributed by atoms with Gasteiger partial charge in [-0.3, -0.25) is 4.79 Å². The van der Waals surface area contributed by atoms with Crippen molar-refractivity contribution in [3.05, 3.63) is 36.7 Å². The fourth-order valence-electron chi connectivity index (χ4n) is 9.78. The van der Waals surface area contributed by atoms with Gasteiger partial charge in [-0.25, -0.2) is 9.97 Å². The number of aromatic nitrogens is 2. The Morgan fingerprint density at radius 2 is 1.31 bits per heavy atom. The molecule has 1 amide bonds. The number of hydrogen-bond donors (Lipinski definition) is 2. The van der Waals surface area contributed by atoms with Crippen molar-refractivity contribution in [2.45, 2.75) is 158 Å². The van der Waals surface area contributed by atoms with Crippen LogP contribution >= 0.6 is 11.8 Å². The second-order valence-corrected chi connectivity index (χ2v) is 18.0. The van der Waals surface area contributed by atoms with Crippen LogP contribution in [0.3, 0.4) is 0 Å². The number of nitrogens with one attached hydrogen (secondary N) is 1. The van der Waals surface area contributed by atoms with Crippen LogP contribution in [0, 0.1) is 35.5 Å². The second kappa shape index (κ2) is 17.9. The number of benzene rings is 1. The largest absolute Gasteiger partial charge is 0.355 e. The maximum absolute atomic E-state index is 13.5. The molecule has 6 nitrogen and oxygen atoms in total. The predicted molar refractivity (Wildman–Crippen MR) is 205 cm³/mol. The van der Waals surface area contributed by atoms with Gasteiger partial charge in [-0.2, -0.15) is 0 Å². The Kier molecular flexibility index (Phi) is 13.4. The minimum Gasteiger partial charge on any atom is -0.355 e. The molecule has 1 saturated heterocycles. The van der Waals surface area contributed by atoms with E-state index in [1.807, 2.05) is 24.5 Å². The van der Waals surface area contributed by atoms with E-state index in [1.165, 1.54) is 103 Å². The lowest BCUT2D eigenvalue weighted by Gasteiger charge is -2.37. The maximum atomic E-state index is 13.5. The van der Waals surface area contributed by atoms with Gasteiger partial charge < -0.3 is 16.0 Å². The van der Waals surface area contributed by atoms with Crippen LogP contribution in [0.5, 0.6) is 0 Å². The number of nitrogens with two attached hydrogens (primary N) is 1. The number of carbonyl (C=O) groups excluding carboxylic acids is 1. The summed E-state index contributed by atoms with van der Waals surface area (Å²) < 4.78 is 0. The smallest absolute Gasteiger partial charge is 0.227 e. The van der Waals surface area contributed by atoms with Crippen molar-refractivity contribution < 1.29 is 4.79 Å². The molecule has 7 heteroatoms. The summed E-state index contributed by atoms with van der Waals surface area (Å²) in [5.41, 5.74) is 7.10. The first-order valence-corrected chi connectivity index (χ1v) is 21.1. The van der Waals surface area contributed by atoms with Crippen LogP contribution in [0.2, 0.25) is 0 Å². The molecule has 2 aromatic rings. The third-order valence-corrected chi connectivity index (χ3v) is 13.9. The summed E-state index contributed by atoms with van der Waals surface area (Å²) >= 11 is 1.59. The van der Waals surface area contributed by atoms with E-state index in [0.717, 1.165) is 89.8 Å². The summed E-state index contributed by atoms with van der Waals surface area (Å²) in [5.74, 6) is 5.98. The van der Waals surface area contributed by atoms with Crippen molar-refractivity contribution in [2.75, 3.05) is 23.3 Å². The molecule has 49 heavy (non-hydrogen) atoms. The average Bonchev–Trinajstić information content (AvgIpc) is 3.04. The Morgan fingerprint density at radius 1 is 0.776 bits per heavy atom. The number of carbonyl (C=O) groups is 1. The first-order chi connectivity index (χ1) is 23.8. The summed E-state index contributed by atoms with van der Waals surface area (Å²) in [7, 11) is 0. The fraction of sp³-hybridized carbons (Fsp3) is 0.738. The number of anilines is 2. The van der Waals surface area contributed by atoms with E-state index in [1.54, 1.807) is 11.8 Å². The van der Waals surface area contributed by atoms with Crippen molar-refractivity contribution in [3.8, 4) is 0 Å². The van der Waals surface area contributed by atoms with Gasteiger partial charge >= 0.3 is 0 Å². The Labute approximate surface area is 302 Å². The van der Waals surface area contributed by atoms with Crippen molar-refractivity contribution >= 4 is 29.2 Å². The summed E-state index contributed by atoms with van der Waals surface area (Å²) in [6, 6.07) is 8.18. The Bertz CT molecular complexity index is 1280. The minimum absolute atomic E-state index is 0.0799. The molecule has 3 N–H and O–H groups in total. The van der Waals surface area contributed by atoms with Crippen molar-refractivity contribution in [2.24, 2.45) is 41.2 Å². The monoisotopic (exact) mass is 687 g/mol. The van der Waals surface area contributed by atoms with Gasteiger partial charge in [-0.1, -0.05) is 127 Å². The molecule has 0 spiro atoms. The molecule has 4 aliphatic rings. The molecule has 1 aromatic heterocycles. The highest BCUT2D eigenvalue weighted by molar-refractivity contribution is 7.99. The lowest BCUT2D eigenvalue weighted by molar-refractivity contribution is -0.120. The topological polar surface area (TPSA) is 84.1 Å². The van der Waals surface area contributed by atoms with Gasteiger partial charge in [0, 0.05) is 35.1 Å². The number of rotatable bonds is 7. The van der Waals surface area contributed by atoms with Gasteiger partial charge in [0.15, 0.2) is 0 Å². The molecule has 0 unspecified atom stereocenters. The summed E-state index contributed by atoms with van der Waals surface area (Å²) in [6.07, 6.45) is 30.3. The van der Waals surface area contributed by atoms with Crippen molar-refractivity contribution in [1.82, 2.24) is 9.97 Å². The molecule has 6 rings (SSSR count). The first kappa shape index (κ1) is 36.7. The third-order valence-electron chi connectivity index (χ3n) is 13.0. The van der Waals surface area contributed by atoms with Gasteiger partial charge in [-0.05, 0) is 80.4 Å². The molecule has 3 aliphatic carbocycles. The molecule has 1 aliphatic heterocycles. The molecular formula is C42H65N5OS. The van der Waals surface area contributed by atoms with Crippen LogP contribution in [0.4, 0.5) is 11.5 Å². The predicted octanol–water partition coefficient (Wildman–Crippen LogP) is 10.7. The molecule has 0 atom stereocenters. The molecule has 2 heterocycles. The zero-order valence-electron chi connectivity index (χ0n) is 30.7. The van der Waals surface area contributed by atoms with E-state index >= 15 is 0 Å². The highest BCUT2D eigenvalue weighted by Crippen LogP contribution is 2.42. The van der Waals surface area contributed by atoms with Crippen LogP contribution in [0.1, 0.15) is 142 Å². The molecule has 0 bridgehead atoms. The fourth-order valence-corrected chi connectivity index (χ4v) is 10.6. The molecular weight excluding hydrogens is 623 g/mol. The summed E-state index contributed by atoms with van der Waals surface area (Å²) in [5, 5.41) is 4.13. The van der Waals surface area contributed by atoms with Gasteiger partial charge in [-0.15, -0.1) is 0 Å². The zero-order valence-corrected chi connectivity index (χ0v) is 31.5. The van der Waals surface area contributed by atoms with Gasteiger partial charge in [0.05, 0.1) is 12.4 Å². The third kappa shape index (κ3) is 10.9. The highest BCUT2D eigenvalue weighted by Gasteiger charge is 2.30.